The number of carbonyl (C=O) groups is 3. The van der Waals surface area contributed by atoms with Gasteiger partial charge in [-0.1, -0.05) is 101 Å². The van der Waals surface area contributed by atoms with Gasteiger partial charge in [-0.25, -0.2) is 0 Å². The van der Waals surface area contributed by atoms with Gasteiger partial charge in [0.05, 0.1) is 25.7 Å². The van der Waals surface area contributed by atoms with Crippen molar-refractivity contribution in [2.24, 2.45) is 11.5 Å². The number of rotatable bonds is 22. The molecule has 1 aromatic rings. The lowest BCUT2D eigenvalue weighted by Gasteiger charge is -2.31. The summed E-state index contributed by atoms with van der Waals surface area (Å²) in [4.78, 5) is 40.5. The van der Waals surface area contributed by atoms with Gasteiger partial charge in [0, 0.05) is 13.1 Å². The molecule has 0 aromatic heterocycles. The minimum absolute atomic E-state index is 0.138. The Bertz CT molecular complexity index is 759. The Hall–Kier alpha value is -2.45. The van der Waals surface area contributed by atoms with Gasteiger partial charge in [0.15, 0.2) is 0 Å². The van der Waals surface area contributed by atoms with E-state index in [1.807, 2.05) is 37.3 Å². The fraction of sp³-hybridized carbons (Fsp3) is 0.690. The van der Waals surface area contributed by atoms with Gasteiger partial charge in [-0.05, 0) is 25.5 Å². The summed E-state index contributed by atoms with van der Waals surface area (Å²) >= 11 is 0. The number of carbonyl (C=O) groups excluding carboxylic acids is 3. The van der Waals surface area contributed by atoms with Crippen LogP contribution in [0.25, 0.3) is 0 Å². The summed E-state index contributed by atoms with van der Waals surface area (Å²) in [6, 6.07) is 9.09. The maximum absolute atomic E-state index is 13.1. The molecule has 1 aromatic carbocycles. The molecule has 0 bridgehead atoms. The number of primary amides is 1. The molecule has 210 valence electrons. The van der Waals surface area contributed by atoms with Crippen molar-refractivity contribution in [1.82, 2.24) is 15.1 Å². The summed E-state index contributed by atoms with van der Waals surface area (Å²) < 4.78 is 0. The topological polar surface area (TPSA) is 122 Å². The van der Waals surface area contributed by atoms with Crippen LogP contribution in [0, 0.1) is 0 Å². The van der Waals surface area contributed by atoms with Crippen LogP contribution in [0.1, 0.15) is 96.1 Å². The number of amides is 3. The maximum Gasteiger partial charge on any atom is 0.243 e. The Kier molecular flexibility index (Phi) is 18.1. The maximum atomic E-state index is 13.1. The number of nitrogens with zero attached hydrogens (tertiary/aromatic N) is 2. The molecule has 0 aliphatic carbocycles. The zero-order valence-corrected chi connectivity index (χ0v) is 23.3. The van der Waals surface area contributed by atoms with Crippen LogP contribution in [-0.4, -0.2) is 66.8 Å². The average molecular weight is 518 g/mol. The van der Waals surface area contributed by atoms with Crippen molar-refractivity contribution in [2.45, 2.75) is 90.5 Å². The second kappa shape index (κ2) is 20.6. The van der Waals surface area contributed by atoms with E-state index >= 15 is 0 Å². The molecular formula is C29H51N5O3. The zero-order valence-electron chi connectivity index (χ0n) is 23.3. The number of hydrogen-bond donors (Lipinski definition) is 3. The first-order chi connectivity index (χ1) is 17.9. The minimum Gasteiger partial charge on any atom is -0.368 e. The normalized spacial score (nSPS) is 11.8. The molecule has 1 unspecified atom stereocenters. The third kappa shape index (κ3) is 14.8. The van der Waals surface area contributed by atoms with Gasteiger partial charge in [0.25, 0.3) is 0 Å². The fourth-order valence-electron chi connectivity index (χ4n) is 4.44. The summed E-state index contributed by atoms with van der Waals surface area (Å²) in [5, 5.41) is 3.21. The van der Waals surface area contributed by atoms with E-state index in [0.29, 0.717) is 0 Å². The van der Waals surface area contributed by atoms with Crippen molar-refractivity contribution in [3.8, 4) is 0 Å². The van der Waals surface area contributed by atoms with Gasteiger partial charge in [0.2, 0.25) is 17.7 Å². The van der Waals surface area contributed by atoms with Gasteiger partial charge in [0.1, 0.15) is 0 Å². The molecule has 3 amide bonds. The first kappa shape index (κ1) is 32.6. The SMILES string of the molecule is CCCCCCCCCCCCCNCC(=O)N(CCN)CC(=O)N(CC(N)=O)C(C)c1ccccc1. The predicted octanol–water partition coefficient (Wildman–Crippen LogP) is 3.75. The van der Waals surface area contributed by atoms with E-state index in [0.717, 1.165) is 24.9 Å². The van der Waals surface area contributed by atoms with E-state index in [2.05, 4.69) is 12.2 Å². The minimum atomic E-state index is -0.596. The number of nitrogens with one attached hydrogen (secondary N) is 1. The van der Waals surface area contributed by atoms with Gasteiger partial charge < -0.3 is 26.6 Å². The smallest absolute Gasteiger partial charge is 0.243 e. The number of benzene rings is 1. The lowest BCUT2D eigenvalue weighted by atomic mass is 10.1. The second-order valence-electron chi connectivity index (χ2n) is 9.89. The van der Waals surface area contributed by atoms with Crippen LogP contribution in [0.15, 0.2) is 30.3 Å². The van der Waals surface area contributed by atoms with E-state index in [1.54, 1.807) is 0 Å². The third-order valence-corrected chi connectivity index (χ3v) is 6.71. The highest BCUT2D eigenvalue weighted by Gasteiger charge is 2.26. The van der Waals surface area contributed by atoms with Crippen LogP contribution in [0.2, 0.25) is 0 Å². The van der Waals surface area contributed by atoms with Crippen LogP contribution in [0.5, 0.6) is 0 Å². The summed E-state index contributed by atoms with van der Waals surface area (Å²) in [7, 11) is 0. The lowest BCUT2D eigenvalue weighted by Crippen LogP contribution is -2.49. The molecule has 0 saturated heterocycles. The highest BCUT2D eigenvalue weighted by molar-refractivity contribution is 5.88. The number of nitrogens with two attached hydrogens (primary N) is 2. The Balaban J connectivity index is 2.39. The summed E-state index contributed by atoms with van der Waals surface area (Å²) in [6.07, 6.45) is 14.1. The Morgan fingerprint density at radius 2 is 1.41 bits per heavy atom. The first-order valence-corrected chi connectivity index (χ1v) is 14.2. The highest BCUT2D eigenvalue weighted by atomic mass is 16.2. The van der Waals surface area contributed by atoms with E-state index < -0.39 is 5.91 Å². The fourth-order valence-corrected chi connectivity index (χ4v) is 4.44. The van der Waals surface area contributed by atoms with Gasteiger partial charge in [-0.2, -0.15) is 0 Å². The van der Waals surface area contributed by atoms with Crippen molar-refractivity contribution in [3.63, 3.8) is 0 Å². The van der Waals surface area contributed by atoms with Crippen LogP contribution >= 0.6 is 0 Å². The second-order valence-corrected chi connectivity index (χ2v) is 9.89. The first-order valence-electron chi connectivity index (χ1n) is 14.2. The molecule has 0 saturated carbocycles. The standard InChI is InChI=1S/C29H51N5O3/c1-3-4-5-6-7-8-9-10-11-12-16-20-32-22-28(36)33(21-19-30)24-29(37)34(23-27(31)35)25(2)26-17-14-13-15-18-26/h13-15,17-18,25,32H,3-12,16,19-24,30H2,1-2H3,(H2,31,35). The number of hydrogen-bond acceptors (Lipinski definition) is 5. The lowest BCUT2D eigenvalue weighted by molar-refractivity contribution is -0.143. The average Bonchev–Trinajstić information content (AvgIpc) is 2.89. The van der Waals surface area contributed by atoms with Crippen molar-refractivity contribution < 1.29 is 14.4 Å². The molecule has 37 heavy (non-hydrogen) atoms. The van der Waals surface area contributed by atoms with E-state index in [9.17, 15) is 14.4 Å². The number of unbranched alkanes of at least 4 members (excludes halogenated alkanes) is 10. The quantitative estimate of drug-likeness (QED) is 0.202. The summed E-state index contributed by atoms with van der Waals surface area (Å²) in [5.74, 6) is -1.10. The molecule has 0 spiro atoms. The molecular weight excluding hydrogens is 466 g/mol. The Morgan fingerprint density at radius 3 is 1.95 bits per heavy atom. The van der Waals surface area contributed by atoms with Crippen molar-refractivity contribution in [2.75, 3.05) is 39.3 Å². The predicted molar refractivity (Wildman–Crippen MR) is 151 cm³/mol. The summed E-state index contributed by atoms with van der Waals surface area (Å²) in [5.41, 5.74) is 12.0. The van der Waals surface area contributed by atoms with Crippen LogP contribution in [0.4, 0.5) is 0 Å². The zero-order chi connectivity index (χ0) is 27.3. The molecule has 5 N–H and O–H groups in total. The Morgan fingerprint density at radius 1 is 0.838 bits per heavy atom. The largest absolute Gasteiger partial charge is 0.368 e. The molecule has 1 rings (SSSR count). The van der Waals surface area contributed by atoms with Crippen LogP contribution in [0.3, 0.4) is 0 Å². The molecule has 8 heteroatoms. The molecule has 0 radical (unpaired) electrons. The van der Waals surface area contributed by atoms with Crippen molar-refractivity contribution >= 4 is 17.7 Å². The third-order valence-electron chi connectivity index (χ3n) is 6.71. The molecule has 0 aliphatic heterocycles. The molecule has 1 atom stereocenters. The molecule has 0 heterocycles. The van der Waals surface area contributed by atoms with Gasteiger partial charge >= 0.3 is 0 Å². The molecule has 0 aliphatic rings. The van der Waals surface area contributed by atoms with Crippen molar-refractivity contribution in [3.05, 3.63) is 35.9 Å². The van der Waals surface area contributed by atoms with Crippen LogP contribution in [-0.2, 0) is 14.4 Å². The molecule has 0 fully saturated rings. The van der Waals surface area contributed by atoms with Crippen molar-refractivity contribution in [1.29, 1.82) is 0 Å². The monoisotopic (exact) mass is 517 g/mol. The van der Waals surface area contributed by atoms with E-state index in [4.69, 9.17) is 11.5 Å². The highest BCUT2D eigenvalue weighted by Crippen LogP contribution is 2.20. The van der Waals surface area contributed by atoms with Crippen LogP contribution < -0.4 is 16.8 Å². The van der Waals surface area contributed by atoms with Gasteiger partial charge in [-0.3, -0.25) is 14.4 Å². The molecule has 8 nitrogen and oxygen atoms in total. The van der Waals surface area contributed by atoms with Gasteiger partial charge in [-0.15, -0.1) is 0 Å². The Labute approximate surface area is 224 Å². The summed E-state index contributed by atoms with van der Waals surface area (Å²) in [6.45, 7) is 5.20. The van der Waals surface area contributed by atoms with E-state index in [-0.39, 0.29) is 50.6 Å². The van der Waals surface area contributed by atoms with E-state index in [1.165, 1.54) is 67.6 Å².